The van der Waals surface area contributed by atoms with Crippen LogP contribution in [0.5, 0.6) is 0 Å². The summed E-state index contributed by atoms with van der Waals surface area (Å²) in [6, 6.07) is 0.679. The summed E-state index contributed by atoms with van der Waals surface area (Å²) in [5, 5.41) is 24.0. The topological polar surface area (TPSA) is 201 Å². The van der Waals surface area contributed by atoms with Crippen LogP contribution in [-0.4, -0.2) is 104 Å². The molecule has 0 aliphatic carbocycles. The van der Waals surface area contributed by atoms with Gasteiger partial charge in [-0.25, -0.2) is 4.79 Å². The van der Waals surface area contributed by atoms with E-state index < -0.39 is 35.8 Å². The maximum Gasteiger partial charge on any atom is 0.352 e. The molecular weight excluding hydrogens is 524 g/mol. The molecule has 1 aromatic heterocycles. The molecule has 2 atom stereocenters. The Morgan fingerprint density at radius 3 is 2.76 bits per heavy atom. The molecule has 3 heterocycles. The number of hydrogen-bond acceptors (Lipinski definition) is 12. The molecule has 0 bridgehead atoms. The predicted molar refractivity (Wildman–Crippen MR) is 134 cm³/mol. The van der Waals surface area contributed by atoms with Gasteiger partial charge >= 0.3 is 5.97 Å². The van der Waals surface area contributed by atoms with E-state index in [0.717, 1.165) is 16.4 Å². The van der Waals surface area contributed by atoms with Gasteiger partial charge in [0.1, 0.15) is 29.7 Å². The van der Waals surface area contributed by atoms with Crippen molar-refractivity contribution in [2.24, 2.45) is 5.16 Å². The van der Waals surface area contributed by atoms with Crippen LogP contribution >= 0.6 is 23.3 Å². The summed E-state index contributed by atoms with van der Waals surface area (Å²) >= 11 is 2.11. The molecule has 2 aliphatic heterocycles. The van der Waals surface area contributed by atoms with Gasteiger partial charge in [-0.3, -0.25) is 19.3 Å². The summed E-state index contributed by atoms with van der Waals surface area (Å²) in [6.07, 6.45) is 3.43. The van der Waals surface area contributed by atoms with E-state index >= 15 is 0 Å². The second-order valence-corrected chi connectivity index (χ2v) is 10.6. The lowest BCUT2D eigenvalue weighted by Crippen LogP contribution is -2.71. The highest BCUT2D eigenvalue weighted by Gasteiger charge is 2.54. The summed E-state index contributed by atoms with van der Waals surface area (Å²) in [5.41, 5.74) is 5.49. The number of oxime groups is 1. The van der Waals surface area contributed by atoms with Crippen LogP contribution in [0.2, 0.25) is 0 Å². The number of rotatable bonds is 11. The third-order valence-corrected chi connectivity index (χ3v) is 7.05. The molecule has 37 heavy (non-hydrogen) atoms. The number of nitrogens with zero attached hydrogens (tertiary/aromatic N) is 6. The zero-order chi connectivity index (χ0) is 27.3. The average molecular weight is 550 g/mol. The summed E-state index contributed by atoms with van der Waals surface area (Å²) < 4.78 is 4.31. The number of aliphatic carboxylic acids is 1. The number of allylic oxidation sites excluding steroid dienone is 1. The Morgan fingerprint density at radius 1 is 1.43 bits per heavy atom. The first kappa shape index (κ1) is 27.8. The summed E-state index contributed by atoms with van der Waals surface area (Å²) in [4.78, 5) is 59.1. The number of ketones is 1. The Kier molecular flexibility index (Phi) is 8.63. The second kappa shape index (κ2) is 11.5. The van der Waals surface area contributed by atoms with Crippen LogP contribution in [0.1, 0.15) is 12.7 Å². The van der Waals surface area contributed by atoms with E-state index in [1.54, 1.807) is 18.2 Å². The molecule has 2 amide bonds. The Labute approximate surface area is 220 Å². The minimum absolute atomic E-state index is 0.0398. The molecule has 14 nitrogen and oxygen atoms in total. The fraction of sp³-hybridized carbons (Fsp3) is 0.429. The fourth-order valence-corrected chi connectivity index (χ4v) is 5.52. The van der Waals surface area contributed by atoms with Gasteiger partial charge in [-0.1, -0.05) is 11.2 Å². The summed E-state index contributed by atoms with van der Waals surface area (Å²) in [7, 11) is 3.77. The van der Waals surface area contributed by atoms with Gasteiger partial charge in [0.05, 0.1) is 20.6 Å². The number of hydrogen-bond donors (Lipinski definition) is 3. The number of carbonyl (C=O) groups excluding carboxylic acids is 3. The van der Waals surface area contributed by atoms with E-state index in [2.05, 4.69) is 19.8 Å². The molecule has 0 radical (unpaired) electrons. The Morgan fingerprint density at radius 2 is 2.16 bits per heavy atom. The van der Waals surface area contributed by atoms with E-state index in [1.165, 1.54) is 18.7 Å². The number of quaternary nitrogens is 1. The molecule has 4 N–H and O–H groups in total. The molecule has 1 fully saturated rings. The first-order valence-electron chi connectivity index (χ1n) is 10.8. The molecule has 16 heteroatoms. The van der Waals surface area contributed by atoms with Crippen molar-refractivity contribution in [3.8, 4) is 6.07 Å². The van der Waals surface area contributed by atoms with Crippen LogP contribution in [0.4, 0.5) is 5.13 Å². The number of aromatic nitrogens is 2. The molecule has 196 valence electrons. The number of β-lactam (4-membered cyclic amide) rings is 1. The highest BCUT2D eigenvalue weighted by Crippen LogP contribution is 2.40. The Bertz CT molecular complexity index is 1250. The van der Waals surface area contributed by atoms with Gasteiger partial charge in [0.15, 0.2) is 10.9 Å². The van der Waals surface area contributed by atoms with Crippen molar-refractivity contribution < 1.29 is 33.6 Å². The van der Waals surface area contributed by atoms with E-state index in [1.807, 2.05) is 14.1 Å². The van der Waals surface area contributed by atoms with Gasteiger partial charge in [-0.15, -0.1) is 11.8 Å². The second-order valence-electron chi connectivity index (χ2n) is 8.75. The Balaban J connectivity index is 1.76. The minimum atomic E-state index is -1.27. The minimum Gasteiger partial charge on any atom is -0.477 e. The van der Waals surface area contributed by atoms with Crippen LogP contribution in [0.25, 0.3) is 0 Å². The maximum atomic E-state index is 12.9. The zero-order valence-corrected chi connectivity index (χ0v) is 21.8. The van der Waals surface area contributed by atoms with Gasteiger partial charge in [0, 0.05) is 24.2 Å². The lowest BCUT2D eigenvalue weighted by Gasteiger charge is -2.49. The molecule has 3 rings (SSSR count). The highest BCUT2D eigenvalue weighted by atomic mass is 32.2. The smallest absolute Gasteiger partial charge is 0.352 e. The SMILES string of the molecule is CC(=O)C[N+](C)(C)C/C=C/C1=C(C(=O)O)N2C(=O)[C@@H](NC(=O)/C(=N\OCC#N)c3nsc(N)n3)[C@@H]2SC1. The first-order valence-corrected chi connectivity index (χ1v) is 12.6. The van der Waals surface area contributed by atoms with E-state index in [4.69, 9.17) is 15.8 Å². The van der Waals surface area contributed by atoms with Crippen LogP contribution in [0.3, 0.4) is 0 Å². The number of carbonyl (C=O) groups is 4. The summed E-state index contributed by atoms with van der Waals surface area (Å²) in [5.74, 6) is -2.53. The number of nitrogen functional groups attached to an aromatic ring is 1. The van der Waals surface area contributed by atoms with Crippen molar-refractivity contribution in [2.75, 3.05) is 45.3 Å². The number of thioether (sulfide) groups is 1. The number of anilines is 1. The maximum absolute atomic E-state index is 12.9. The van der Waals surface area contributed by atoms with Crippen LogP contribution in [0, 0.1) is 11.3 Å². The van der Waals surface area contributed by atoms with Gasteiger partial charge in [0.2, 0.25) is 18.1 Å². The van der Waals surface area contributed by atoms with E-state index in [0.29, 0.717) is 23.1 Å². The number of nitrogens with one attached hydrogen (secondary N) is 1. The third-order valence-electron chi connectivity index (χ3n) is 5.21. The van der Waals surface area contributed by atoms with Gasteiger partial charge in [-0.05, 0) is 11.6 Å². The first-order chi connectivity index (χ1) is 17.4. The monoisotopic (exact) mass is 549 g/mol. The molecule has 0 saturated carbocycles. The van der Waals surface area contributed by atoms with Crippen LogP contribution in [-0.2, 0) is 24.0 Å². The van der Waals surface area contributed by atoms with Crippen molar-refractivity contribution in [2.45, 2.75) is 18.3 Å². The number of nitrogens with two attached hydrogens (primary N) is 1. The molecule has 0 aromatic carbocycles. The number of amides is 2. The average Bonchev–Trinajstić information content (AvgIpc) is 3.24. The van der Waals surface area contributed by atoms with Gasteiger partial charge in [-0.2, -0.15) is 14.6 Å². The predicted octanol–water partition coefficient (Wildman–Crippen LogP) is -0.675. The fourth-order valence-electron chi connectivity index (χ4n) is 3.77. The molecule has 0 spiro atoms. The number of fused-ring (bicyclic) bond motifs is 1. The third kappa shape index (κ3) is 6.50. The van der Waals surface area contributed by atoms with Crippen molar-refractivity contribution in [1.29, 1.82) is 5.26 Å². The number of Topliss-reactive ketones (excluding diaryl/α,β-unsaturated/α-hetero) is 1. The van der Waals surface area contributed by atoms with Crippen molar-refractivity contribution >= 4 is 57.7 Å². The number of carboxylic acids is 1. The van der Waals surface area contributed by atoms with E-state index in [9.17, 15) is 24.3 Å². The molecule has 2 aliphatic rings. The standard InChI is InChI=1S/C21H24N8O6S2/c1-11(30)9-29(2,3)7-4-5-12-10-36-19-14(18(32)28(19)15(12)20(33)34)24-17(31)13(26-35-8-6-22)16-25-21(23)37-27-16/h4-5,14,19H,7-10H2,1-3H3,(H3-,23,24,25,27,31,33,34)/p+1/b5-4+,26-13-/t14-,19+/m1/s1. The lowest BCUT2D eigenvalue weighted by atomic mass is 10.0. The van der Waals surface area contributed by atoms with Crippen LogP contribution < -0.4 is 11.1 Å². The van der Waals surface area contributed by atoms with Crippen LogP contribution in [0.15, 0.2) is 28.6 Å². The summed E-state index contributed by atoms with van der Waals surface area (Å²) in [6.45, 7) is 1.89. The zero-order valence-electron chi connectivity index (χ0n) is 20.2. The van der Waals surface area contributed by atoms with Crippen molar-refractivity contribution in [1.82, 2.24) is 19.6 Å². The largest absolute Gasteiger partial charge is 0.477 e. The Hall–Kier alpha value is -3.81. The van der Waals surface area contributed by atoms with Gasteiger partial charge in [0.25, 0.3) is 11.8 Å². The molecule has 1 saturated heterocycles. The highest BCUT2D eigenvalue weighted by molar-refractivity contribution is 8.00. The number of nitriles is 1. The lowest BCUT2D eigenvalue weighted by molar-refractivity contribution is -0.876. The van der Waals surface area contributed by atoms with Crippen molar-refractivity contribution in [3.63, 3.8) is 0 Å². The normalized spacial score (nSPS) is 19.8. The molecular formula is C21H25N8O6S2+. The molecule has 1 aromatic rings. The quantitative estimate of drug-likeness (QED) is 0.104. The van der Waals surface area contributed by atoms with Gasteiger partial charge < -0.3 is 25.5 Å². The van der Waals surface area contributed by atoms with Crippen molar-refractivity contribution in [3.05, 3.63) is 29.2 Å². The number of carboxylic acid groups (broad SMARTS) is 1. The van der Waals surface area contributed by atoms with E-state index in [-0.39, 0.29) is 33.9 Å². The molecule has 0 unspecified atom stereocenters. The number of likely N-dealkylation sites (N-methyl/N-ethyl adjacent to an activating group) is 1.